The molecule has 0 bridgehead atoms. The Kier molecular flexibility index (Phi) is 4.97. The molecule has 0 aromatic carbocycles. The lowest BCUT2D eigenvalue weighted by Crippen LogP contribution is -2.16. The van der Waals surface area contributed by atoms with Crippen molar-refractivity contribution in [2.45, 2.75) is 40.7 Å². The minimum Gasteiger partial charge on any atom is -0.462 e. The maximum absolute atomic E-state index is 9.99. The van der Waals surface area contributed by atoms with Gasteiger partial charge < -0.3 is 9.84 Å². The van der Waals surface area contributed by atoms with Crippen molar-refractivity contribution in [1.29, 1.82) is 0 Å². The van der Waals surface area contributed by atoms with Crippen LogP contribution in [0.1, 0.15) is 34.6 Å². The number of aliphatic hydroxyl groups is 1. The standard InChI is InChI=1S/C16H24O2/c1-10(2)12(4)7-11(3)8-15-14(6)18-13(5)9-16(15)17/h7-10,12,16-17H,6H2,1-5H3/b11-7-,15-8+. The number of aliphatic hydroxyl groups excluding tert-OH is 1. The fourth-order valence-electron chi connectivity index (χ4n) is 1.83. The largest absolute Gasteiger partial charge is 0.462 e. The minimum atomic E-state index is -0.621. The monoisotopic (exact) mass is 248 g/mol. The van der Waals surface area contributed by atoms with Crippen LogP contribution in [0.25, 0.3) is 0 Å². The zero-order valence-electron chi connectivity index (χ0n) is 12.0. The predicted octanol–water partition coefficient (Wildman–Crippen LogP) is 3.96. The highest BCUT2D eigenvalue weighted by Crippen LogP contribution is 2.26. The topological polar surface area (TPSA) is 29.5 Å². The van der Waals surface area contributed by atoms with Crippen LogP contribution in [-0.4, -0.2) is 11.2 Å². The molecule has 0 aromatic rings. The molecule has 0 saturated carbocycles. The summed E-state index contributed by atoms with van der Waals surface area (Å²) in [4.78, 5) is 0. The van der Waals surface area contributed by atoms with E-state index in [4.69, 9.17) is 4.74 Å². The fourth-order valence-corrected chi connectivity index (χ4v) is 1.83. The second kappa shape index (κ2) is 6.05. The lowest BCUT2D eigenvalue weighted by Gasteiger charge is -2.22. The summed E-state index contributed by atoms with van der Waals surface area (Å²) in [6.07, 6.45) is 5.24. The van der Waals surface area contributed by atoms with Gasteiger partial charge in [0.15, 0.2) is 0 Å². The van der Waals surface area contributed by atoms with Crippen molar-refractivity contribution in [2.24, 2.45) is 11.8 Å². The van der Waals surface area contributed by atoms with Crippen molar-refractivity contribution in [1.82, 2.24) is 0 Å². The molecular weight excluding hydrogens is 224 g/mol. The van der Waals surface area contributed by atoms with Crippen LogP contribution in [0.15, 0.2) is 47.5 Å². The van der Waals surface area contributed by atoms with E-state index in [0.717, 1.165) is 11.1 Å². The Morgan fingerprint density at radius 1 is 1.44 bits per heavy atom. The van der Waals surface area contributed by atoms with Gasteiger partial charge in [0.1, 0.15) is 11.9 Å². The van der Waals surface area contributed by atoms with Gasteiger partial charge in [0.2, 0.25) is 0 Å². The molecule has 2 nitrogen and oxygen atoms in total. The Morgan fingerprint density at radius 2 is 2.06 bits per heavy atom. The van der Waals surface area contributed by atoms with E-state index in [1.165, 1.54) is 0 Å². The molecule has 0 radical (unpaired) electrons. The molecule has 100 valence electrons. The first-order chi connectivity index (χ1) is 8.31. The normalized spacial score (nSPS) is 25.2. The van der Waals surface area contributed by atoms with Crippen LogP contribution in [0.5, 0.6) is 0 Å². The molecule has 18 heavy (non-hydrogen) atoms. The molecule has 0 amide bonds. The summed E-state index contributed by atoms with van der Waals surface area (Å²) in [6, 6.07) is 0. The second-order valence-corrected chi connectivity index (χ2v) is 5.36. The number of rotatable bonds is 3. The highest BCUT2D eigenvalue weighted by molar-refractivity contribution is 5.40. The van der Waals surface area contributed by atoms with Gasteiger partial charge in [-0.15, -0.1) is 0 Å². The zero-order chi connectivity index (χ0) is 13.9. The third kappa shape index (κ3) is 3.88. The number of allylic oxidation sites excluding steroid dienone is 4. The number of ether oxygens (including phenoxy) is 1. The van der Waals surface area contributed by atoms with Crippen molar-refractivity contribution < 1.29 is 9.84 Å². The Hall–Kier alpha value is -1.28. The van der Waals surface area contributed by atoms with Gasteiger partial charge in [0.05, 0.1) is 5.76 Å². The lowest BCUT2D eigenvalue weighted by molar-refractivity contribution is 0.208. The third-order valence-electron chi connectivity index (χ3n) is 3.28. The first kappa shape index (κ1) is 14.8. The van der Waals surface area contributed by atoms with E-state index in [1.54, 1.807) is 6.08 Å². The van der Waals surface area contributed by atoms with E-state index in [0.29, 0.717) is 23.4 Å². The highest BCUT2D eigenvalue weighted by atomic mass is 16.5. The Labute approximate surface area is 110 Å². The van der Waals surface area contributed by atoms with Gasteiger partial charge in [-0.05, 0) is 37.8 Å². The first-order valence-corrected chi connectivity index (χ1v) is 6.45. The molecule has 0 spiro atoms. The molecule has 0 fully saturated rings. The summed E-state index contributed by atoms with van der Waals surface area (Å²) in [6.45, 7) is 14.3. The van der Waals surface area contributed by atoms with Crippen LogP contribution in [0.2, 0.25) is 0 Å². The molecule has 0 aromatic heterocycles. The minimum absolute atomic E-state index is 0.508. The molecule has 0 aliphatic carbocycles. The number of hydrogen-bond donors (Lipinski definition) is 1. The van der Waals surface area contributed by atoms with Gasteiger partial charge in [0, 0.05) is 5.57 Å². The molecule has 1 aliphatic heterocycles. The quantitative estimate of drug-likeness (QED) is 0.819. The van der Waals surface area contributed by atoms with Crippen LogP contribution in [0.4, 0.5) is 0 Å². The smallest absolute Gasteiger partial charge is 0.125 e. The summed E-state index contributed by atoms with van der Waals surface area (Å²) >= 11 is 0. The SMILES string of the molecule is C=C1OC(C)=CC(O)/C1=C/C(C)=C\C(C)C(C)C. The van der Waals surface area contributed by atoms with Crippen molar-refractivity contribution in [2.75, 3.05) is 0 Å². The Morgan fingerprint density at radius 3 is 2.56 bits per heavy atom. The van der Waals surface area contributed by atoms with E-state index < -0.39 is 6.10 Å². The van der Waals surface area contributed by atoms with E-state index >= 15 is 0 Å². The van der Waals surface area contributed by atoms with Gasteiger partial charge in [-0.1, -0.05) is 39.0 Å². The second-order valence-electron chi connectivity index (χ2n) is 5.36. The summed E-state index contributed by atoms with van der Waals surface area (Å²) in [5, 5.41) is 9.99. The molecule has 2 heteroatoms. The molecular formula is C16H24O2. The van der Waals surface area contributed by atoms with E-state index in [1.807, 2.05) is 19.9 Å². The molecule has 1 N–H and O–H groups in total. The third-order valence-corrected chi connectivity index (χ3v) is 3.28. The van der Waals surface area contributed by atoms with Crippen molar-refractivity contribution in [3.8, 4) is 0 Å². The fraction of sp³-hybridized carbons (Fsp3) is 0.500. The first-order valence-electron chi connectivity index (χ1n) is 6.45. The predicted molar refractivity (Wildman–Crippen MR) is 75.8 cm³/mol. The molecule has 2 atom stereocenters. The van der Waals surface area contributed by atoms with Crippen LogP contribution in [0, 0.1) is 11.8 Å². The highest BCUT2D eigenvalue weighted by Gasteiger charge is 2.19. The molecule has 2 unspecified atom stereocenters. The molecule has 1 rings (SSSR count). The van der Waals surface area contributed by atoms with E-state index in [9.17, 15) is 5.11 Å². The Bertz CT molecular complexity index is 411. The van der Waals surface area contributed by atoms with Gasteiger partial charge in [-0.3, -0.25) is 0 Å². The van der Waals surface area contributed by atoms with Crippen molar-refractivity contribution >= 4 is 0 Å². The van der Waals surface area contributed by atoms with Gasteiger partial charge in [-0.2, -0.15) is 0 Å². The summed E-state index contributed by atoms with van der Waals surface area (Å²) in [7, 11) is 0. The maximum Gasteiger partial charge on any atom is 0.125 e. The van der Waals surface area contributed by atoms with E-state index in [2.05, 4.69) is 33.4 Å². The van der Waals surface area contributed by atoms with Gasteiger partial charge in [-0.25, -0.2) is 0 Å². The number of hydrogen-bond acceptors (Lipinski definition) is 2. The van der Waals surface area contributed by atoms with Crippen LogP contribution in [-0.2, 0) is 4.74 Å². The van der Waals surface area contributed by atoms with Gasteiger partial charge in [0.25, 0.3) is 0 Å². The van der Waals surface area contributed by atoms with E-state index in [-0.39, 0.29) is 0 Å². The molecule has 1 heterocycles. The zero-order valence-corrected chi connectivity index (χ0v) is 12.0. The lowest BCUT2D eigenvalue weighted by atomic mass is 9.94. The maximum atomic E-state index is 9.99. The molecule has 0 saturated heterocycles. The van der Waals surface area contributed by atoms with Crippen LogP contribution < -0.4 is 0 Å². The van der Waals surface area contributed by atoms with Gasteiger partial charge >= 0.3 is 0 Å². The van der Waals surface area contributed by atoms with Crippen LogP contribution in [0.3, 0.4) is 0 Å². The average Bonchev–Trinajstić information content (AvgIpc) is 2.23. The van der Waals surface area contributed by atoms with Crippen LogP contribution >= 0.6 is 0 Å². The Balaban J connectivity index is 2.92. The van der Waals surface area contributed by atoms with Crippen molar-refractivity contribution in [3.05, 3.63) is 47.5 Å². The summed E-state index contributed by atoms with van der Waals surface area (Å²) < 4.78 is 5.43. The molecule has 1 aliphatic rings. The van der Waals surface area contributed by atoms with Crippen molar-refractivity contribution in [3.63, 3.8) is 0 Å². The average molecular weight is 248 g/mol. The summed E-state index contributed by atoms with van der Waals surface area (Å²) in [5.74, 6) is 2.35. The summed E-state index contributed by atoms with van der Waals surface area (Å²) in [5.41, 5.74) is 1.87.